The zero-order valence-electron chi connectivity index (χ0n) is 10.5. The second-order valence-corrected chi connectivity index (χ2v) is 5.82. The van der Waals surface area contributed by atoms with E-state index in [1.165, 1.54) is 12.8 Å². The molecule has 4 rings (SSSR count). The molecule has 2 aliphatic rings. The van der Waals surface area contributed by atoms with Crippen LogP contribution >= 0.6 is 11.6 Å². The van der Waals surface area contributed by atoms with E-state index in [4.69, 9.17) is 16.3 Å². The van der Waals surface area contributed by atoms with Gasteiger partial charge in [0.15, 0.2) is 0 Å². The zero-order chi connectivity index (χ0) is 12.8. The standard InChI is InChI=1S/C15H15ClN2O/c16-9-1-3-11-12(5-6-17-13(11)7-9)18-14-8-10-2-4-15(14)19-10/h1,3,5-7,10,14-15H,2,4,8H2,(H,17,18). The van der Waals surface area contributed by atoms with Gasteiger partial charge in [0.2, 0.25) is 0 Å². The van der Waals surface area contributed by atoms with Crippen molar-refractivity contribution >= 4 is 28.2 Å². The topological polar surface area (TPSA) is 34.1 Å². The highest BCUT2D eigenvalue weighted by molar-refractivity contribution is 6.31. The number of hydrogen-bond acceptors (Lipinski definition) is 3. The van der Waals surface area contributed by atoms with Gasteiger partial charge >= 0.3 is 0 Å². The fourth-order valence-corrected chi connectivity index (χ4v) is 3.40. The van der Waals surface area contributed by atoms with Gasteiger partial charge in [-0.3, -0.25) is 4.98 Å². The maximum Gasteiger partial charge on any atom is 0.0781 e. The smallest absolute Gasteiger partial charge is 0.0781 e. The fraction of sp³-hybridized carbons (Fsp3) is 0.400. The number of aromatic nitrogens is 1. The number of hydrogen-bond donors (Lipinski definition) is 1. The van der Waals surface area contributed by atoms with Crippen molar-refractivity contribution in [1.82, 2.24) is 4.98 Å². The minimum Gasteiger partial charge on any atom is -0.379 e. The first-order valence-corrected chi connectivity index (χ1v) is 7.14. The highest BCUT2D eigenvalue weighted by atomic mass is 35.5. The first kappa shape index (κ1) is 11.5. The summed E-state index contributed by atoms with van der Waals surface area (Å²) in [6.07, 6.45) is 6.18. The molecule has 0 amide bonds. The summed E-state index contributed by atoms with van der Waals surface area (Å²) in [5, 5.41) is 5.47. The van der Waals surface area contributed by atoms with Crippen LogP contribution in [0.4, 0.5) is 5.69 Å². The Labute approximate surface area is 116 Å². The Morgan fingerprint density at radius 2 is 2.21 bits per heavy atom. The highest BCUT2D eigenvalue weighted by Crippen LogP contribution is 2.37. The van der Waals surface area contributed by atoms with E-state index in [9.17, 15) is 0 Å². The predicted octanol–water partition coefficient (Wildman–Crippen LogP) is 3.62. The van der Waals surface area contributed by atoms with Crippen molar-refractivity contribution in [3.8, 4) is 0 Å². The van der Waals surface area contributed by atoms with Gasteiger partial charge in [-0.2, -0.15) is 0 Å². The molecule has 98 valence electrons. The maximum absolute atomic E-state index is 6.01. The number of nitrogens with zero attached hydrogens (tertiary/aromatic N) is 1. The Bertz CT molecular complexity index is 631. The number of nitrogens with one attached hydrogen (secondary N) is 1. The molecule has 2 fully saturated rings. The Morgan fingerprint density at radius 3 is 3.00 bits per heavy atom. The highest BCUT2D eigenvalue weighted by Gasteiger charge is 2.40. The molecular weight excluding hydrogens is 260 g/mol. The Morgan fingerprint density at radius 1 is 1.26 bits per heavy atom. The first-order chi connectivity index (χ1) is 9.29. The molecule has 1 aromatic heterocycles. The van der Waals surface area contributed by atoms with Crippen molar-refractivity contribution in [2.75, 3.05) is 5.32 Å². The van der Waals surface area contributed by atoms with Crippen LogP contribution in [0.3, 0.4) is 0 Å². The summed E-state index contributed by atoms with van der Waals surface area (Å²) < 4.78 is 5.89. The van der Waals surface area contributed by atoms with Gasteiger partial charge in [-0.1, -0.05) is 11.6 Å². The average molecular weight is 275 g/mol. The molecule has 2 bridgehead atoms. The molecule has 0 saturated carbocycles. The summed E-state index contributed by atoms with van der Waals surface area (Å²) in [7, 11) is 0. The largest absolute Gasteiger partial charge is 0.379 e. The van der Waals surface area contributed by atoms with Crippen LogP contribution in [0.15, 0.2) is 30.5 Å². The molecule has 0 aliphatic carbocycles. The average Bonchev–Trinajstić information content (AvgIpc) is 3.01. The van der Waals surface area contributed by atoms with Gasteiger partial charge in [0.05, 0.1) is 23.8 Å². The molecule has 2 saturated heterocycles. The molecule has 1 aromatic carbocycles. The van der Waals surface area contributed by atoms with Crippen molar-refractivity contribution in [3.63, 3.8) is 0 Å². The third-order valence-electron chi connectivity index (χ3n) is 4.15. The second-order valence-electron chi connectivity index (χ2n) is 5.38. The van der Waals surface area contributed by atoms with E-state index in [1.807, 2.05) is 30.5 Å². The zero-order valence-corrected chi connectivity index (χ0v) is 11.2. The van der Waals surface area contributed by atoms with E-state index in [-0.39, 0.29) is 0 Å². The van der Waals surface area contributed by atoms with Crippen molar-refractivity contribution in [2.24, 2.45) is 0 Å². The Balaban J connectivity index is 1.67. The van der Waals surface area contributed by atoms with E-state index in [1.54, 1.807) is 0 Å². The van der Waals surface area contributed by atoms with Crippen LogP contribution in [0, 0.1) is 0 Å². The monoisotopic (exact) mass is 274 g/mol. The third-order valence-corrected chi connectivity index (χ3v) is 4.39. The van der Waals surface area contributed by atoms with E-state index >= 15 is 0 Å². The Hall–Kier alpha value is -1.32. The molecule has 19 heavy (non-hydrogen) atoms. The molecule has 3 heterocycles. The number of halogens is 1. The lowest BCUT2D eigenvalue weighted by molar-refractivity contribution is 0.102. The quantitative estimate of drug-likeness (QED) is 0.908. The van der Waals surface area contributed by atoms with Gasteiger partial charge in [0, 0.05) is 22.3 Å². The normalized spacial score (nSPS) is 29.0. The van der Waals surface area contributed by atoms with Crippen LogP contribution in [0.1, 0.15) is 19.3 Å². The number of fused-ring (bicyclic) bond motifs is 3. The number of ether oxygens (including phenoxy) is 1. The molecular formula is C15H15ClN2O. The summed E-state index contributed by atoms with van der Waals surface area (Å²) in [6, 6.07) is 8.30. The van der Waals surface area contributed by atoms with Crippen molar-refractivity contribution in [3.05, 3.63) is 35.5 Å². The van der Waals surface area contributed by atoms with Crippen molar-refractivity contribution < 1.29 is 4.74 Å². The molecule has 1 N–H and O–H groups in total. The first-order valence-electron chi connectivity index (χ1n) is 6.76. The van der Waals surface area contributed by atoms with Crippen LogP contribution < -0.4 is 5.32 Å². The minimum atomic E-state index is 0.375. The van der Waals surface area contributed by atoms with E-state index in [0.29, 0.717) is 18.2 Å². The van der Waals surface area contributed by atoms with Gasteiger partial charge in [-0.15, -0.1) is 0 Å². The summed E-state index contributed by atoms with van der Waals surface area (Å²) in [4.78, 5) is 4.37. The van der Waals surface area contributed by atoms with Gasteiger partial charge in [-0.25, -0.2) is 0 Å². The van der Waals surface area contributed by atoms with Gasteiger partial charge in [0.1, 0.15) is 0 Å². The summed E-state index contributed by atoms with van der Waals surface area (Å²) in [5.41, 5.74) is 2.06. The lowest BCUT2D eigenvalue weighted by atomic mass is 9.95. The number of pyridine rings is 1. The van der Waals surface area contributed by atoms with E-state index < -0.39 is 0 Å². The summed E-state index contributed by atoms with van der Waals surface area (Å²) >= 11 is 6.01. The second kappa shape index (κ2) is 4.36. The molecule has 0 spiro atoms. The van der Waals surface area contributed by atoms with Crippen LogP contribution in [0.5, 0.6) is 0 Å². The molecule has 4 heteroatoms. The van der Waals surface area contributed by atoms with Gasteiger partial charge < -0.3 is 10.1 Å². The van der Waals surface area contributed by atoms with Crippen LogP contribution in [0.2, 0.25) is 5.02 Å². The molecule has 3 unspecified atom stereocenters. The summed E-state index contributed by atoms with van der Waals surface area (Å²) in [6.45, 7) is 0. The number of rotatable bonds is 2. The van der Waals surface area contributed by atoms with Gasteiger partial charge in [-0.05, 0) is 43.5 Å². The van der Waals surface area contributed by atoms with Gasteiger partial charge in [0.25, 0.3) is 0 Å². The SMILES string of the molecule is Clc1ccc2c(NC3CC4CCC3O4)ccnc2c1. The number of anilines is 1. The van der Waals surface area contributed by atoms with Crippen LogP contribution in [-0.4, -0.2) is 23.2 Å². The van der Waals surface area contributed by atoms with Crippen molar-refractivity contribution in [2.45, 2.75) is 37.5 Å². The molecule has 2 aliphatic heterocycles. The van der Waals surface area contributed by atoms with Crippen LogP contribution in [0.25, 0.3) is 10.9 Å². The molecule has 0 radical (unpaired) electrons. The molecule has 2 aromatic rings. The minimum absolute atomic E-state index is 0.375. The van der Waals surface area contributed by atoms with E-state index in [2.05, 4.69) is 10.3 Å². The summed E-state index contributed by atoms with van der Waals surface area (Å²) in [5.74, 6) is 0. The van der Waals surface area contributed by atoms with Crippen LogP contribution in [-0.2, 0) is 4.74 Å². The fourth-order valence-electron chi connectivity index (χ4n) is 3.24. The lowest BCUT2D eigenvalue weighted by Crippen LogP contribution is -2.30. The van der Waals surface area contributed by atoms with E-state index in [0.717, 1.165) is 28.0 Å². The maximum atomic E-state index is 6.01. The molecule has 3 atom stereocenters. The molecule has 3 nitrogen and oxygen atoms in total. The predicted molar refractivity (Wildman–Crippen MR) is 76.7 cm³/mol. The number of benzene rings is 1. The third kappa shape index (κ3) is 1.97. The Kier molecular flexibility index (Phi) is 2.64. The lowest BCUT2D eigenvalue weighted by Gasteiger charge is -2.22. The van der Waals surface area contributed by atoms with Crippen molar-refractivity contribution in [1.29, 1.82) is 0 Å².